The number of aliphatic carboxylic acids is 1. The number of likely N-dealkylation sites (N-methyl/N-ethyl adjacent to an activating group) is 2. The number of likely N-dealkylation sites (tertiary alicyclic amines) is 3. The summed E-state index contributed by atoms with van der Waals surface area (Å²) in [5, 5.41) is 12.7. The van der Waals surface area contributed by atoms with E-state index in [0.29, 0.717) is 32.4 Å². The SMILES string of the molecule is CC(C)[C@@H](CN1CCC[C@H]1C(=O)N1CCC[C@H]1C(=O)O)N(C)C(=O)[C@@H](NC(=O)C1CCCCN1C)C(C)(C)C. The largest absolute Gasteiger partial charge is 0.480 e. The van der Waals surface area contributed by atoms with E-state index in [1.54, 1.807) is 11.9 Å². The van der Waals surface area contributed by atoms with Crippen molar-refractivity contribution in [2.45, 2.75) is 110 Å². The molecule has 0 spiro atoms. The molecule has 222 valence electrons. The zero-order valence-corrected chi connectivity index (χ0v) is 25.1. The van der Waals surface area contributed by atoms with Crippen LogP contribution in [0.4, 0.5) is 0 Å². The van der Waals surface area contributed by atoms with Gasteiger partial charge in [-0.1, -0.05) is 41.0 Å². The van der Waals surface area contributed by atoms with Gasteiger partial charge in [-0.3, -0.25) is 24.2 Å². The molecule has 3 saturated heterocycles. The summed E-state index contributed by atoms with van der Waals surface area (Å²) in [5.41, 5.74) is -0.483. The Hall–Kier alpha value is -2.20. The molecule has 0 aromatic rings. The number of carboxylic acid groups (broad SMARTS) is 1. The Balaban J connectivity index is 1.74. The Kier molecular flexibility index (Phi) is 10.4. The first-order chi connectivity index (χ1) is 18.2. The van der Waals surface area contributed by atoms with Crippen molar-refractivity contribution in [3.8, 4) is 0 Å². The predicted octanol–water partition coefficient (Wildman–Crippen LogP) is 2.02. The fourth-order valence-electron chi connectivity index (χ4n) is 6.48. The van der Waals surface area contributed by atoms with Gasteiger partial charge in [0.2, 0.25) is 17.7 Å². The number of nitrogens with zero attached hydrogens (tertiary/aromatic N) is 4. The molecule has 10 heteroatoms. The van der Waals surface area contributed by atoms with E-state index in [9.17, 15) is 24.3 Å². The summed E-state index contributed by atoms with van der Waals surface area (Å²) in [4.78, 5) is 59.9. The first kappa shape index (κ1) is 31.3. The lowest BCUT2D eigenvalue weighted by Crippen LogP contribution is -2.61. The highest BCUT2D eigenvalue weighted by atomic mass is 16.4. The number of hydrogen-bond acceptors (Lipinski definition) is 6. The van der Waals surface area contributed by atoms with Gasteiger partial charge in [-0.2, -0.15) is 0 Å². The van der Waals surface area contributed by atoms with Crippen LogP contribution in [0.2, 0.25) is 0 Å². The molecular formula is C29H51N5O5. The van der Waals surface area contributed by atoms with E-state index in [4.69, 9.17) is 0 Å². The molecule has 0 radical (unpaired) electrons. The van der Waals surface area contributed by atoms with Crippen LogP contribution >= 0.6 is 0 Å². The van der Waals surface area contributed by atoms with Gasteiger partial charge in [0.25, 0.3) is 0 Å². The molecule has 0 aromatic carbocycles. The molecular weight excluding hydrogens is 498 g/mol. The van der Waals surface area contributed by atoms with Crippen molar-refractivity contribution in [1.29, 1.82) is 0 Å². The van der Waals surface area contributed by atoms with E-state index in [1.807, 2.05) is 27.8 Å². The minimum Gasteiger partial charge on any atom is -0.480 e. The fourth-order valence-corrected chi connectivity index (χ4v) is 6.48. The van der Waals surface area contributed by atoms with Crippen LogP contribution in [0.3, 0.4) is 0 Å². The van der Waals surface area contributed by atoms with Crippen molar-refractivity contribution in [1.82, 2.24) is 24.9 Å². The standard InChI is InChI=1S/C29H51N5O5/c1-19(2)23(18-33-16-10-13-21(33)26(36)34-17-11-14-22(34)28(38)39)32(7)27(37)24(29(3,4)5)30-25(35)20-12-8-9-15-31(20)6/h19-24H,8-18H2,1-7H3,(H,30,35)(H,38,39)/t20?,21-,22-,23+,24+/m0/s1. The van der Waals surface area contributed by atoms with Crippen molar-refractivity contribution >= 4 is 23.7 Å². The Morgan fingerprint density at radius 2 is 1.54 bits per heavy atom. The first-order valence-corrected chi connectivity index (χ1v) is 14.8. The molecule has 2 N–H and O–H groups in total. The summed E-state index contributed by atoms with van der Waals surface area (Å²) in [6.45, 7) is 12.7. The number of carbonyl (C=O) groups is 4. The van der Waals surface area contributed by atoms with Gasteiger partial charge in [-0.15, -0.1) is 0 Å². The highest BCUT2D eigenvalue weighted by molar-refractivity contribution is 5.90. The van der Waals surface area contributed by atoms with Gasteiger partial charge >= 0.3 is 5.97 Å². The quantitative estimate of drug-likeness (QED) is 0.452. The zero-order valence-electron chi connectivity index (χ0n) is 25.1. The summed E-state index contributed by atoms with van der Waals surface area (Å²) in [7, 11) is 3.77. The molecule has 3 amide bonds. The van der Waals surface area contributed by atoms with Crippen LogP contribution in [0.15, 0.2) is 0 Å². The van der Waals surface area contributed by atoms with Crippen molar-refractivity contribution < 1.29 is 24.3 Å². The number of carbonyl (C=O) groups excluding carboxylic acids is 3. The van der Waals surface area contributed by atoms with Crippen molar-refractivity contribution in [3.05, 3.63) is 0 Å². The lowest BCUT2D eigenvalue weighted by atomic mass is 9.84. The van der Waals surface area contributed by atoms with Gasteiger partial charge < -0.3 is 20.2 Å². The number of carboxylic acids is 1. The van der Waals surface area contributed by atoms with Crippen LogP contribution in [0.1, 0.15) is 79.6 Å². The number of nitrogens with one attached hydrogen (secondary N) is 1. The molecule has 0 aromatic heterocycles. The van der Waals surface area contributed by atoms with E-state index in [-0.39, 0.29) is 41.8 Å². The summed E-state index contributed by atoms with van der Waals surface area (Å²) >= 11 is 0. The maximum Gasteiger partial charge on any atom is 0.326 e. The minimum absolute atomic E-state index is 0.0937. The van der Waals surface area contributed by atoms with Crippen LogP contribution in [-0.4, -0.2) is 119 Å². The predicted molar refractivity (Wildman–Crippen MR) is 150 cm³/mol. The summed E-state index contributed by atoms with van der Waals surface area (Å²) in [6, 6.07) is -2.18. The molecule has 5 atom stereocenters. The lowest BCUT2D eigenvalue weighted by molar-refractivity contribution is -0.150. The molecule has 3 rings (SSSR count). The summed E-state index contributed by atoms with van der Waals surface area (Å²) in [6.07, 6.45) is 5.64. The highest BCUT2D eigenvalue weighted by Crippen LogP contribution is 2.28. The molecule has 3 heterocycles. The Morgan fingerprint density at radius 1 is 0.923 bits per heavy atom. The number of amides is 3. The maximum atomic E-state index is 14.0. The van der Waals surface area contributed by atoms with Crippen LogP contribution in [0.25, 0.3) is 0 Å². The van der Waals surface area contributed by atoms with E-state index in [2.05, 4.69) is 29.0 Å². The summed E-state index contributed by atoms with van der Waals surface area (Å²) < 4.78 is 0. The number of piperidine rings is 1. The molecule has 1 unspecified atom stereocenters. The Labute approximate surface area is 234 Å². The number of rotatable bonds is 9. The van der Waals surface area contributed by atoms with Gasteiger partial charge in [0, 0.05) is 26.2 Å². The monoisotopic (exact) mass is 549 g/mol. The Bertz CT molecular complexity index is 903. The molecule has 3 fully saturated rings. The van der Waals surface area contributed by atoms with Crippen molar-refractivity contribution in [3.63, 3.8) is 0 Å². The van der Waals surface area contributed by atoms with Gasteiger partial charge in [0.05, 0.1) is 12.1 Å². The summed E-state index contributed by atoms with van der Waals surface area (Å²) in [5.74, 6) is -1.14. The third-order valence-corrected chi connectivity index (χ3v) is 8.98. The normalized spacial score (nSPS) is 26.5. The average molecular weight is 550 g/mol. The van der Waals surface area contributed by atoms with E-state index in [1.165, 1.54) is 4.90 Å². The van der Waals surface area contributed by atoms with Crippen molar-refractivity contribution in [2.75, 3.05) is 40.3 Å². The van der Waals surface area contributed by atoms with Crippen LogP contribution < -0.4 is 5.32 Å². The van der Waals surface area contributed by atoms with Crippen LogP contribution in [0.5, 0.6) is 0 Å². The van der Waals surface area contributed by atoms with Crippen LogP contribution in [-0.2, 0) is 19.2 Å². The first-order valence-electron chi connectivity index (χ1n) is 14.8. The second-order valence-corrected chi connectivity index (χ2v) is 13.2. The topological polar surface area (TPSA) is 113 Å². The molecule has 3 aliphatic heterocycles. The van der Waals surface area contributed by atoms with Gasteiger partial charge in [0.1, 0.15) is 12.1 Å². The van der Waals surface area contributed by atoms with Crippen molar-refractivity contribution in [2.24, 2.45) is 11.3 Å². The van der Waals surface area contributed by atoms with E-state index < -0.39 is 23.5 Å². The molecule has 0 bridgehead atoms. The van der Waals surface area contributed by atoms with Gasteiger partial charge in [-0.05, 0) is 70.0 Å². The fraction of sp³-hybridized carbons (Fsp3) is 0.862. The molecule has 0 aliphatic carbocycles. The van der Waals surface area contributed by atoms with Gasteiger partial charge in [-0.25, -0.2) is 4.79 Å². The Morgan fingerprint density at radius 3 is 2.13 bits per heavy atom. The second-order valence-electron chi connectivity index (χ2n) is 13.2. The van der Waals surface area contributed by atoms with Gasteiger partial charge in [0.15, 0.2) is 0 Å². The molecule has 3 aliphatic rings. The maximum absolute atomic E-state index is 14.0. The zero-order chi connectivity index (χ0) is 29.1. The number of hydrogen-bond donors (Lipinski definition) is 2. The highest BCUT2D eigenvalue weighted by Gasteiger charge is 2.43. The minimum atomic E-state index is -0.939. The second kappa shape index (κ2) is 13.0. The third-order valence-electron chi connectivity index (χ3n) is 8.98. The lowest BCUT2D eigenvalue weighted by Gasteiger charge is -2.41. The van der Waals surface area contributed by atoms with E-state index >= 15 is 0 Å². The van der Waals surface area contributed by atoms with E-state index in [0.717, 1.165) is 38.8 Å². The molecule has 10 nitrogen and oxygen atoms in total. The molecule has 39 heavy (non-hydrogen) atoms. The third kappa shape index (κ3) is 7.31. The van der Waals surface area contributed by atoms with Crippen LogP contribution in [0, 0.1) is 11.3 Å². The average Bonchev–Trinajstić information content (AvgIpc) is 3.54. The molecule has 0 saturated carbocycles. The smallest absolute Gasteiger partial charge is 0.326 e.